The number of carbonyl (C=O) groups excluding carboxylic acids is 3. The second-order valence-electron chi connectivity index (χ2n) is 14.0. The van der Waals surface area contributed by atoms with Crippen molar-refractivity contribution in [1.29, 1.82) is 0 Å². The first-order valence-electron chi connectivity index (χ1n) is 18.0. The highest BCUT2D eigenvalue weighted by Gasteiger charge is 2.40. The number of hydrogen-bond donors (Lipinski definition) is 1. The van der Waals surface area contributed by atoms with Gasteiger partial charge in [0.1, 0.15) is 29.2 Å². The number of hydrogen-bond acceptors (Lipinski definition) is 9. The number of piperazine rings is 1. The molecule has 0 radical (unpaired) electrons. The van der Waals surface area contributed by atoms with Crippen molar-refractivity contribution in [3.05, 3.63) is 107 Å². The van der Waals surface area contributed by atoms with Crippen LogP contribution in [0.5, 0.6) is 0 Å². The third-order valence-corrected chi connectivity index (χ3v) is 10.9. The number of nitrogens with zero attached hydrogens (tertiary/aromatic N) is 8. The van der Waals surface area contributed by atoms with Gasteiger partial charge < -0.3 is 14.7 Å². The molecule has 0 spiro atoms. The smallest absolute Gasteiger partial charge is 0.255 e. The van der Waals surface area contributed by atoms with Gasteiger partial charge >= 0.3 is 0 Å². The van der Waals surface area contributed by atoms with Crippen molar-refractivity contribution in [2.75, 3.05) is 42.5 Å². The van der Waals surface area contributed by atoms with Crippen LogP contribution in [0.3, 0.4) is 0 Å². The molecule has 1 N–H and O–H groups in total. The van der Waals surface area contributed by atoms with Gasteiger partial charge in [0.25, 0.3) is 5.91 Å². The highest BCUT2D eigenvalue weighted by Crippen LogP contribution is 2.36. The van der Waals surface area contributed by atoms with E-state index < -0.39 is 11.9 Å². The third kappa shape index (κ3) is 5.84. The lowest BCUT2D eigenvalue weighted by atomic mass is 10.0. The van der Waals surface area contributed by atoms with Crippen LogP contribution in [0.4, 0.5) is 16.0 Å². The van der Waals surface area contributed by atoms with E-state index in [9.17, 15) is 18.8 Å². The SMILES string of the molecule is O=C1CCC(N2Cc3c(CN4CCN(c5cccc(-c6cnc7ccc(N8CCC[C@@H]8c8cccc(F)c8)nn67)n5)CC4)cccc3C2=O)C(=O)N1. The Morgan fingerprint density at radius 2 is 1.67 bits per heavy atom. The van der Waals surface area contributed by atoms with Gasteiger partial charge in [0.05, 0.1) is 17.9 Å². The monoisotopic (exact) mass is 699 g/mol. The van der Waals surface area contributed by atoms with Gasteiger partial charge in [0, 0.05) is 57.8 Å². The molecule has 13 heteroatoms. The molecule has 4 aliphatic heterocycles. The van der Waals surface area contributed by atoms with Gasteiger partial charge in [-0.3, -0.25) is 24.6 Å². The van der Waals surface area contributed by atoms with Gasteiger partial charge in [-0.15, -0.1) is 5.10 Å². The summed E-state index contributed by atoms with van der Waals surface area (Å²) >= 11 is 0. The van der Waals surface area contributed by atoms with E-state index in [1.54, 1.807) is 17.0 Å². The average molecular weight is 700 g/mol. The minimum absolute atomic E-state index is 0.0607. The lowest BCUT2D eigenvalue weighted by molar-refractivity contribution is -0.136. The quantitative estimate of drug-likeness (QED) is 0.248. The molecule has 264 valence electrons. The summed E-state index contributed by atoms with van der Waals surface area (Å²) in [5.41, 5.74) is 5.97. The molecule has 3 fully saturated rings. The molecule has 0 saturated carbocycles. The standard InChI is InChI=1S/C39H38FN9O3/c40-27-7-1-5-25(21-27)31-10-4-16-47(31)36-14-13-34-41-22-33(49(34)44-36)30-9-3-11-35(42-30)46-19-17-45(18-20-46)23-26-6-2-8-28-29(26)24-48(39(28)52)32-12-15-37(50)43-38(32)51/h1-3,5-9,11,13-14,21-22,31-32H,4,10,12,15-20,23-24H2,(H,43,50,51)/t31-,32?/m1/s1. The minimum atomic E-state index is -0.625. The summed E-state index contributed by atoms with van der Waals surface area (Å²) < 4.78 is 15.9. The Kier molecular flexibility index (Phi) is 8.14. The van der Waals surface area contributed by atoms with Crippen LogP contribution in [0, 0.1) is 5.82 Å². The Morgan fingerprint density at radius 3 is 2.52 bits per heavy atom. The molecule has 0 bridgehead atoms. The first kappa shape index (κ1) is 32.2. The van der Waals surface area contributed by atoms with Crippen LogP contribution in [-0.2, 0) is 22.7 Å². The van der Waals surface area contributed by atoms with Crippen LogP contribution in [0.25, 0.3) is 17.0 Å². The van der Waals surface area contributed by atoms with Crippen LogP contribution < -0.4 is 15.1 Å². The number of imidazole rings is 1. The van der Waals surface area contributed by atoms with Crippen molar-refractivity contribution in [1.82, 2.24) is 34.7 Å². The second kappa shape index (κ2) is 13.1. The van der Waals surface area contributed by atoms with Gasteiger partial charge in [-0.25, -0.2) is 18.9 Å². The van der Waals surface area contributed by atoms with E-state index in [4.69, 9.17) is 10.1 Å². The van der Waals surface area contributed by atoms with Crippen molar-refractivity contribution in [3.8, 4) is 11.4 Å². The molecule has 12 nitrogen and oxygen atoms in total. The first-order valence-corrected chi connectivity index (χ1v) is 18.0. The number of rotatable bonds is 7. The molecule has 2 aromatic carbocycles. The highest BCUT2D eigenvalue weighted by atomic mass is 19.1. The predicted octanol–water partition coefficient (Wildman–Crippen LogP) is 4.36. The van der Waals surface area contributed by atoms with E-state index in [1.807, 2.05) is 59.2 Å². The Hall–Kier alpha value is -5.69. The fraction of sp³-hybridized carbons (Fsp3) is 0.333. The fourth-order valence-corrected chi connectivity index (χ4v) is 8.21. The molecule has 52 heavy (non-hydrogen) atoms. The Balaban J connectivity index is 0.884. The summed E-state index contributed by atoms with van der Waals surface area (Å²) in [4.78, 5) is 55.8. The fourth-order valence-electron chi connectivity index (χ4n) is 8.21. The van der Waals surface area contributed by atoms with Crippen molar-refractivity contribution in [2.45, 2.75) is 50.9 Å². The number of pyridine rings is 1. The number of carbonyl (C=O) groups is 3. The summed E-state index contributed by atoms with van der Waals surface area (Å²) in [5.74, 6) is 0.651. The van der Waals surface area contributed by atoms with Crippen LogP contribution in [0.2, 0.25) is 0 Å². The number of nitrogens with one attached hydrogen (secondary N) is 1. The van der Waals surface area contributed by atoms with Crippen LogP contribution in [0.15, 0.2) is 79.0 Å². The van der Waals surface area contributed by atoms with Crippen molar-refractivity contribution in [3.63, 3.8) is 0 Å². The molecule has 0 aliphatic carbocycles. The molecule has 4 aliphatic rings. The number of halogens is 1. The molecule has 9 rings (SSSR count). The molecule has 2 atom stereocenters. The second-order valence-corrected chi connectivity index (χ2v) is 14.0. The van der Waals surface area contributed by atoms with Crippen molar-refractivity contribution in [2.24, 2.45) is 0 Å². The maximum Gasteiger partial charge on any atom is 0.255 e. The topological polar surface area (TPSA) is 119 Å². The van der Waals surface area contributed by atoms with Gasteiger partial charge in [0.15, 0.2) is 5.65 Å². The average Bonchev–Trinajstić information content (AvgIpc) is 3.90. The van der Waals surface area contributed by atoms with E-state index in [0.717, 1.165) is 90.9 Å². The normalized spacial score (nSPS) is 20.9. The first-order chi connectivity index (χ1) is 25.4. The number of aromatic nitrogens is 4. The molecule has 3 amide bonds. The summed E-state index contributed by atoms with van der Waals surface area (Å²) in [6, 6.07) is 22.1. The van der Waals surface area contributed by atoms with E-state index in [2.05, 4.69) is 31.1 Å². The van der Waals surface area contributed by atoms with Gasteiger partial charge in [-0.1, -0.05) is 30.3 Å². The number of benzene rings is 2. The third-order valence-electron chi connectivity index (χ3n) is 10.9. The summed E-state index contributed by atoms with van der Waals surface area (Å²) in [7, 11) is 0. The zero-order chi connectivity index (χ0) is 35.3. The number of imide groups is 1. The number of anilines is 2. The van der Waals surface area contributed by atoms with Crippen molar-refractivity contribution >= 4 is 35.0 Å². The van der Waals surface area contributed by atoms with Gasteiger partial charge in [0.2, 0.25) is 11.8 Å². The van der Waals surface area contributed by atoms with E-state index in [1.165, 1.54) is 6.07 Å². The maximum atomic E-state index is 14.1. The summed E-state index contributed by atoms with van der Waals surface area (Å²) in [6.07, 6.45) is 4.34. The molecule has 3 aromatic heterocycles. The highest BCUT2D eigenvalue weighted by molar-refractivity contribution is 6.05. The number of fused-ring (bicyclic) bond motifs is 2. The number of amides is 3. The van der Waals surface area contributed by atoms with Crippen LogP contribution in [0.1, 0.15) is 58.8 Å². The Labute approximate surface area is 299 Å². The zero-order valence-corrected chi connectivity index (χ0v) is 28.6. The van der Waals surface area contributed by atoms with E-state index >= 15 is 0 Å². The van der Waals surface area contributed by atoms with E-state index in [0.29, 0.717) is 25.1 Å². The maximum absolute atomic E-state index is 14.1. The molecular weight excluding hydrogens is 661 g/mol. The summed E-state index contributed by atoms with van der Waals surface area (Å²) in [5, 5.41) is 7.40. The van der Waals surface area contributed by atoms with Gasteiger partial charge in [-0.2, -0.15) is 0 Å². The minimum Gasteiger partial charge on any atom is -0.354 e. The Morgan fingerprint density at radius 1 is 0.827 bits per heavy atom. The molecule has 1 unspecified atom stereocenters. The summed E-state index contributed by atoms with van der Waals surface area (Å²) in [6.45, 7) is 5.14. The zero-order valence-electron chi connectivity index (χ0n) is 28.6. The molecular formula is C39H38FN9O3. The van der Waals surface area contributed by atoms with Gasteiger partial charge in [-0.05, 0) is 78.4 Å². The predicted molar refractivity (Wildman–Crippen MR) is 192 cm³/mol. The van der Waals surface area contributed by atoms with Crippen LogP contribution in [-0.4, -0.2) is 85.9 Å². The number of piperidine rings is 1. The van der Waals surface area contributed by atoms with E-state index in [-0.39, 0.29) is 30.1 Å². The van der Waals surface area contributed by atoms with Crippen molar-refractivity contribution < 1.29 is 18.8 Å². The molecule has 7 heterocycles. The molecule has 5 aromatic rings. The largest absolute Gasteiger partial charge is 0.354 e. The lowest BCUT2D eigenvalue weighted by Crippen LogP contribution is -2.52. The Bertz CT molecular complexity index is 2210. The molecule has 3 saturated heterocycles. The lowest BCUT2D eigenvalue weighted by Gasteiger charge is -2.35. The van der Waals surface area contributed by atoms with Crippen LogP contribution >= 0.6 is 0 Å².